The highest BCUT2D eigenvalue weighted by atomic mass is 16.5. The third-order valence-corrected chi connectivity index (χ3v) is 1.95. The Morgan fingerprint density at radius 3 is 2.15 bits per heavy atom. The minimum Gasteiger partial charge on any atom is -0.378 e. The molecule has 3 N–H and O–H groups in total. The molecule has 0 fully saturated rings. The average Bonchev–Trinajstić information content (AvgIpc) is 2.45. The maximum absolute atomic E-state index is 11.1. The van der Waals surface area contributed by atoms with E-state index >= 15 is 0 Å². The van der Waals surface area contributed by atoms with E-state index in [1.54, 1.807) is 0 Å². The summed E-state index contributed by atoms with van der Waals surface area (Å²) in [7, 11) is 0. The van der Waals surface area contributed by atoms with Gasteiger partial charge in [-0.3, -0.25) is 4.79 Å². The van der Waals surface area contributed by atoms with Gasteiger partial charge in [0.05, 0.1) is 39.6 Å². The van der Waals surface area contributed by atoms with Gasteiger partial charge in [-0.2, -0.15) is 0 Å². The number of rotatable bonds is 15. The molecule has 0 unspecified atom stereocenters. The maximum atomic E-state index is 11.1. The van der Waals surface area contributed by atoms with Crippen LogP contribution < -0.4 is 11.1 Å². The van der Waals surface area contributed by atoms with Crippen molar-refractivity contribution in [2.45, 2.75) is 0 Å². The fourth-order valence-electron chi connectivity index (χ4n) is 1.11. The van der Waals surface area contributed by atoms with Gasteiger partial charge in [0.1, 0.15) is 6.61 Å². The normalized spacial score (nSPS) is 10.4. The van der Waals surface area contributed by atoms with Crippen LogP contribution in [-0.4, -0.2) is 72.0 Å². The predicted octanol–water partition coefficient (Wildman–Crippen LogP) is -1.15. The van der Waals surface area contributed by atoms with Crippen LogP contribution in [0.2, 0.25) is 0 Å². The van der Waals surface area contributed by atoms with Crippen LogP contribution in [0.4, 0.5) is 0 Å². The van der Waals surface area contributed by atoms with Crippen molar-refractivity contribution >= 4 is 5.91 Å². The lowest BCUT2D eigenvalue weighted by Crippen LogP contribution is -2.31. The first kappa shape index (κ1) is 18.9. The van der Waals surface area contributed by atoms with Crippen molar-refractivity contribution in [1.29, 1.82) is 0 Å². The number of carbonyl (C=O) groups is 1. The molecule has 118 valence electrons. The largest absolute Gasteiger partial charge is 0.378 e. The minimum atomic E-state index is -0.323. The van der Waals surface area contributed by atoms with E-state index in [0.717, 1.165) is 0 Å². The van der Waals surface area contributed by atoms with Crippen LogP contribution in [0.15, 0.2) is 5.18 Å². The first-order valence-electron chi connectivity index (χ1n) is 6.38. The number of carbonyl (C=O) groups excluding carboxylic acids is 1. The maximum Gasteiger partial charge on any atom is 0.246 e. The third-order valence-electron chi connectivity index (χ3n) is 1.95. The Hall–Kier alpha value is -1.13. The summed E-state index contributed by atoms with van der Waals surface area (Å²) < 4.78 is 20.2. The second-order valence-corrected chi connectivity index (χ2v) is 3.58. The van der Waals surface area contributed by atoms with E-state index in [0.29, 0.717) is 52.7 Å². The molecule has 0 aromatic rings. The van der Waals surface area contributed by atoms with Gasteiger partial charge in [0, 0.05) is 13.1 Å². The molecule has 0 aromatic carbocycles. The summed E-state index contributed by atoms with van der Waals surface area (Å²) in [6.07, 6.45) is 0. The van der Waals surface area contributed by atoms with Crippen LogP contribution in [0.3, 0.4) is 0 Å². The first-order valence-corrected chi connectivity index (χ1v) is 6.38. The molecular weight excluding hydrogens is 270 g/mol. The standard InChI is InChI=1S/C11H23N3O6/c12-1-3-17-5-7-19-8-6-18-4-2-13-11(15)9-20-10-14-16/h1-10,12H2,(H,13,15). The number of nitroso groups, excluding NO2 is 1. The van der Waals surface area contributed by atoms with Gasteiger partial charge in [-0.25, -0.2) is 0 Å². The Morgan fingerprint density at radius 1 is 0.950 bits per heavy atom. The van der Waals surface area contributed by atoms with E-state index in [2.05, 4.69) is 15.2 Å². The van der Waals surface area contributed by atoms with Crippen LogP contribution in [0, 0.1) is 4.91 Å². The van der Waals surface area contributed by atoms with Crippen molar-refractivity contribution in [2.75, 3.05) is 66.1 Å². The fraction of sp³-hybridized carbons (Fsp3) is 0.909. The minimum absolute atomic E-state index is 0.183. The lowest BCUT2D eigenvalue weighted by molar-refractivity contribution is -0.125. The van der Waals surface area contributed by atoms with Crippen LogP contribution in [0.1, 0.15) is 0 Å². The van der Waals surface area contributed by atoms with Crippen molar-refractivity contribution in [3.8, 4) is 0 Å². The van der Waals surface area contributed by atoms with E-state index in [4.69, 9.17) is 19.9 Å². The molecular formula is C11H23N3O6. The summed E-state index contributed by atoms with van der Waals surface area (Å²) >= 11 is 0. The lowest BCUT2D eigenvalue weighted by atomic mass is 10.6. The fourth-order valence-corrected chi connectivity index (χ4v) is 1.11. The van der Waals surface area contributed by atoms with Gasteiger partial charge >= 0.3 is 0 Å². The van der Waals surface area contributed by atoms with Crippen molar-refractivity contribution in [2.24, 2.45) is 10.9 Å². The molecule has 9 nitrogen and oxygen atoms in total. The topological polar surface area (TPSA) is 121 Å². The molecule has 0 rings (SSSR count). The summed E-state index contributed by atoms with van der Waals surface area (Å²) in [6.45, 7) is 3.21. The van der Waals surface area contributed by atoms with Gasteiger partial charge in [-0.05, 0) is 5.18 Å². The highest BCUT2D eigenvalue weighted by Crippen LogP contribution is 1.81. The monoisotopic (exact) mass is 293 g/mol. The summed E-state index contributed by atoms with van der Waals surface area (Å²) in [5.74, 6) is -0.314. The highest BCUT2D eigenvalue weighted by Gasteiger charge is 1.99. The molecule has 0 saturated heterocycles. The predicted molar refractivity (Wildman–Crippen MR) is 71.1 cm³/mol. The molecule has 0 saturated carbocycles. The van der Waals surface area contributed by atoms with Gasteiger partial charge in [0.2, 0.25) is 5.91 Å². The molecule has 0 aromatic heterocycles. The second-order valence-electron chi connectivity index (χ2n) is 3.58. The average molecular weight is 293 g/mol. The molecule has 0 radical (unpaired) electrons. The van der Waals surface area contributed by atoms with Crippen LogP contribution >= 0.6 is 0 Å². The molecule has 0 bridgehead atoms. The summed E-state index contributed by atoms with van der Waals surface area (Å²) in [5.41, 5.74) is 5.25. The Balaban J connectivity index is 3.08. The number of amides is 1. The molecule has 0 aliphatic heterocycles. The van der Waals surface area contributed by atoms with Crippen LogP contribution in [0.5, 0.6) is 0 Å². The zero-order chi connectivity index (χ0) is 14.9. The van der Waals surface area contributed by atoms with Crippen molar-refractivity contribution in [3.63, 3.8) is 0 Å². The van der Waals surface area contributed by atoms with Crippen LogP contribution in [-0.2, 0) is 23.7 Å². The summed E-state index contributed by atoms with van der Waals surface area (Å²) in [4.78, 5) is 20.8. The van der Waals surface area contributed by atoms with Crippen molar-refractivity contribution in [1.82, 2.24) is 5.32 Å². The van der Waals surface area contributed by atoms with E-state index in [1.807, 2.05) is 0 Å². The van der Waals surface area contributed by atoms with Crippen molar-refractivity contribution < 1.29 is 23.7 Å². The number of nitrogens with zero attached hydrogens (tertiary/aromatic N) is 1. The van der Waals surface area contributed by atoms with Crippen molar-refractivity contribution in [3.05, 3.63) is 4.91 Å². The van der Waals surface area contributed by atoms with E-state index in [9.17, 15) is 9.70 Å². The molecule has 0 atom stereocenters. The summed E-state index contributed by atoms with van der Waals surface area (Å²) in [6, 6.07) is 0. The van der Waals surface area contributed by atoms with E-state index in [-0.39, 0.29) is 19.2 Å². The smallest absolute Gasteiger partial charge is 0.246 e. The number of ether oxygens (including phenoxy) is 4. The SMILES string of the molecule is NCCOCCOCCOCCNC(=O)COCN=O. The summed E-state index contributed by atoms with van der Waals surface area (Å²) in [5, 5.41) is 5.02. The molecule has 0 aliphatic carbocycles. The molecule has 0 aliphatic rings. The molecule has 20 heavy (non-hydrogen) atoms. The van der Waals surface area contributed by atoms with Gasteiger partial charge in [0.25, 0.3) is 0 Å². The first-order chi connectivity index (χ1) is 9.81. The molecule has 0 spiro atoms. The second kappa shape index (κ2) is 15.9. The number of hydrogen-bond acceptors (Lipinski definition) is 8. The Labute approximate surface area is 118 Å². The Kier molecular flexibility index (Phi) is 15.0. The Bertz CT molecular complexity index is 242. The van der Waals surface area contributed by atoms with E-state index in [1.165, 1.54) is 0 Å². The molecule has 1 amide bonds. The Morgan fingerprint density at radius 2 is 1.55 bits per heavy atom. The van der Waals surface area contributed by atoms with Gasteiger partial charge in [-0.15, -0.1) is 4.91 Å². The highest BCUT2D eigenvalue weighted by molar-refractivity contribution is 5.77. The third kappa shape index (κ3) is 14.9. The number of hydrogen-bond donors (Lipinski definition) is 2. The van der Waals surface area contributed by atoms with Crippen LogP contribution in [0.25, 0.3) is 0 Å². The quantitative estimate of drug-likeness (QED) is 0.289. The molecule has 9 heteroatoms. The van der Waals surface area contributed by atoms with Gasteiger partial charge in [-0.1, -0.05) is 0 Å². The lowest BCUT2D eigenvalue weighted by Gasteiger charge is -2.07. The number of nitrogens with two attached hydrogens (primary N) is 1. The van der Waals surface area contributed by atoms with Gasteiger partial charge in [0.15, 0.2) is 6.73 Å². The number of nitrogens with one attached hydrogen (secondary N) is 1. The van der Waals surface area contributed by atoms with E-state index < -0.39 is 0 Å². The zero-order valence-corrected chi connectivity index (χ0v) is 11.5. The van der Waals surface area contributed by atoms with Gasteiger partial charge < -0.3 is 30.0 Å². The molecule has 0 heterocycles. The zero-order valence-electron chi connectivity index (χ0n) is 11.5.